The van der Waals surface area contributed by atoms with Crippen LogP contribution in [0.1, 0.15) is 65.1 Å². The third kappa shape index (κ3) is 3.48. The lowest BCUT2D eigenvalue weighted by atomic mass is 9.78. The Kier molecular flexibility index (Phi) is 4.61. The number of carbonyl (C=O) groups is 2. The fourth-order valence-electron chi connectivity index (χ4n) is 4.66. The molecule has 0 aliphatic heterocycles. The molecule has 2 aliphatic carbocycles. The summed E-state index contributed by atoms with van der Waals surface area (Å²) in [5, 5.41) is 6.22. The molecule has 1 heterocycles. The molecule has 2 amide bonds. The van der Waals surface area contributed by atoms with Gasteiger partial charge < -0.3 is 10.6 Å². The molecule has 2 aliphatic rings. The summed E-state index contributed by atoms with van der Waals surface area (Å²) < 4.78 is 14.0. The maximum atomic E-state index is 14.0. The van der Waals surface area contributed by atoms with Gasteiger partial charge in [-0.1, -0.05) is 12.1 Å². The zero-order chi connectivity index (χ0) is 19.8. The van der Waals surface area contributed by atoms with Crippen LogP contribution in [0.2, 0.25) is 0 Å². The van der Waals surface area contributed by atoms with Crippen LogP contribution < -0.4 is 10.6 Å². The normalized spacial score (nSPS) is 25.9. The minimum Gasteiger partial charge on any atom is -0.346 e. The van der Waals surface area contributed by atoms with E-state index in [0.717, 1.165) is 32.1 Å². The fraction of sp³-hybridized carbons (Fsp3) is 0.429. The monoisotopic (exact) mass is 382 g/mol. The molecule has 2 bridgehead atoms. The maximum absolute atomic E-state index is 14.0. The molecule has 0 saturated heterocycles. The van der Waals surface area contributed by atoms with E-state index in [1.807, 2.05) is 0 Å². The van der Waals surface area contributed by atoms with Crippen LogP contribution in [-0.4, -0.2) is 32.9 Å². The molecule has 2 unspecified atom stereocenters. The van der Waals surface area contributed by atoms with Crippen molar-refractivity contribution in [1.29, 1.82) is 0 Å². The molecule has 2 saturated carbocycles. The summed E-state index contributed by atoms with van der Waals surface area (Å²) in [4.78, 5) is 33.6. The van der Waals surface area contributed by atoms with Crippen LogP contribution in [-0.2, 0) is 0 Å². The first-order chi connectivity index (χ1) is 13.4. The van der Waals surface area contributed by atoms with E-state index >= 15 is 0 Å². The van der Waals surface area contributed by atoms with Crippen molar-refractivity contribution in [3.05, 3.63) is 59.4 Å². The Hall–Kier alpha value is -2.83. The van der Waals surface area contributed by atoms with E-state index in [4.69, 9.17) is 0 Å². The third-order valence-electron chi connectivity index (χ3n) is 5.93. The summed E-state index contributed by atoms with van der Waals surface area (Å²) >= 11 is 0. The Labute approximate surface area is 163 Å². The van der Waals surface area contributed by atoms with Gasteiger partial charge in [0.15, 0.2) is 0 Å². The van der Waals surface area contributed by atoms with Gasteiger partial charge in [-0.2, -0.15) is 0 Å². The Bertz CT molecular complexity index is 934. The average Bonchev–Trinajstić information content (AvgIpc) is 2.91. The molecule has 1 aromatic heterocycles. The Morgan fingerprint density at radius 2 is 1.68 bits per heavy atom. The molecule has 0 spiro atoms. The van der Waals surface area contributed by atoms with E-state index in [1.54, 1.807) is 25.3 Å². The van der Waals surface area contributed by atoms with Crippen molar-refractivity contribution < 1.29 is 14.0 Å². The second-order valence-corrected chi connectivity index (χ2v) is 8.02. The highest BCUT2D eigenvalue weighted by Gasteiger charge is 2.52. The van der Waals surface area contributed by atoms with E-state index in [0.29, 0.717) is 17.8 Å². The third-order valence-corrected chi connectivity index (χ3v) is 5.93. The van der Waals surface area contributed by atoms with E-state index in [1.165, 1.54) is 18.3 Å². The molecule has 146 valence electrons. The van der Waals surface area contributed by atoms with Crippen molar-refractivity contribution in [2.24, 2.45) is 0 Å². The van der Waals surface area contributed by atoms with Crippen molar-refractivity contribution in [1.82, 2.24) is 20.6 Å². The van der Waals surface area contributed by atoms with Crippen molar-refractivity contribution in [3.63, 3.8) is 0 Å². The van der Waals surface area contributed by atoms with Gasteiger partial charge in [0.05, 0.1) is 17.5 Å². The van der Waals surface area contributed by atoms with Gasteiger partial charge in [-0.05, 0) is 57.6 Å². The number of rotatable bonds is 4. The lowest BCUT2D eigenvalue weighted by molar-refractivity contribution is 0.0827. The standard InChI is InChI=1S/C21H23FN4O2/c1-14-11-23-12-17(24-14)19(28)26-21-8-4-7-20(13-21,9-10-21)25-18(27)15-5-2-3-6-16(15)22/h2-3,5-6,11-12H,4,7-10,13H2,1H3,(H,25,27)(H,26,28). The first-order valence-electron chi connectivity index (χ1n) is 9.59. The molecular formula is C21H23FN4O2. The number of aryl methyl sites for hydroxylation is 1. The predicted molar refractivity (Wildman–Crippen MR) is 101 cm³/mol. The molecular weight excluding hydrogens is 359 g/mol. The van der Waals surface area contributed by atoms with Crippen LogP contribution in [0.5, 0.6) is 0 Å². The number of hydrogen-bond donors (Lipinski definition) is 2. The van der Waals surface area contributed by atoms with Gasteiger partial charge in [-0.15, -0.1) is 0 Å². The summed E-state index contributed by atoms with van der Waals surface area (Å²) in [5.74, 6) is -1.16. The lowest BCUT2D eigenvalue weighted by Gasteiger charge is -2.40. The Balaban J connectivity index is 1.49. The van der Waals surface area contributed by atoms with Crippen molar-refractivity contribution in [2.75, 3.05) is 0 Å². The van der Waals surface area contributed by atoms with Crippen LogP contribution in [0.15, 0.2) is 36.7 Å². The first-order valence-corrected chi connectivity index (χ1v) is 9.59. The number of fused-ring (bicyclic) bond motifs is 2. The lowest BCUT2D eigenvalue weighted by Crippen LogP contribution is -2.55. The van der Waals surface area contributed by atoms with Crippen molar-refractivity contribution >= 4 is 11.8 Å². The molecule has 2 N–H and O–H groups in total. The molecule has 2 atom stereocenters. The first kappa shape index (κ1) is 18.5. The number of aromatic nitrogens is 2. The van der Waals surface area contributed by atoms with Crippen LogP contribution in [0.25, 0.3) is 0 Å². The highest BCUT2D eigenvalue weighted by molar-refractivity contribution is 5.95. The average molecular weight is 382 g/mol. The minimum absolute atomic E-state index is 0.0546. The highest BCUT2D eigenvalue weighted by atomic mass is 19.1. The zero-order valence-corrected chi connectivity index (χ0v) is 15.8. The quantitative estimate of drug-likeness (QED) is 0.852. The number of nitrogens with one attached hydrogen (secondary N) is 2. The second-order valence-electron chi connectivity index (χ2n) is 8.02. The SMILES string of the molecule is Cc1cncc(C(=O)NC23CCCC(NC(=O)c4ccccc4F)(CC2)C3)n1. The van der Waals surface area contributed by atoms with E-state index < -0.39 is 17.3 Å². The molecule has 7 heteroatoms. The van der Waals surface area contributed by atoms with Crippen molar-refractivity contribution in [2.45, 2.75) is 56.5 Å². The van der Waals surface area contributed by atoms with E-state index in [2.05, 4.69) is 20.6 Å². The fourth-order valence-corrected chi connectivity index (χ4v) is 4.66. The maximum Gasteiger partial charge on any atom is 0.271 e. The molecule has 28 heavy (non-hydrogen) atoms. The molecule has 2 aromatic rings. The Morgan fingerprint density at radius 3 is 2.36 bits per heavy atom. The number of hydrogen-bond acceptors (Lipinski definition) is 4. The van der Waals surface area contributed by atoms with Crippen LogP contribution in [0.4, 0.5) is 4.39 Å². The molecule has 6 nitrogen and oxygen atoms in total. The number of nitrogens with zero attached hydrogens (tertiary/aromatic N) is 2. The number of benzene rings is 1. The summed E-state index contributed by atoms with van der Waals surface area (Å²) in [5.41, 5.74) is 0.255. The van der Waals surface area contributed by atoms with Gasteiger partial charge in [0.2, 0.25) is 0 Å². The Morgan fingerprint density at radius 1 is 1.00 bits per heavy atom. The number of amides is 2. The number of halogens is 1. The van der Waals surface area contributed by atoms with Crippen LogP contribution in [0, 0.1) is 12.7 Å². The van der Waals surface area contributed by atoms with Gasteiger partial charge in [-0.25, -0.2) is 9.37 Å². The molecule has 4 rings (SSSR count). The summed E-state index contributed by atoms with van der Waals surface area (Å²) in [6, 6.07) is 5.99. The van der Waals surface area contributed by atoms with Crippen LogP contribution >= 0.6 is 0 Å². The largest absolute Gasteiger partial charge is 0.346 e. The molecule has 0 radical (unpaired) electrons. The van der Waals surface area contributed by atoms with Crippen LogP contribution in [0.3, 0.4) is 0 Å². The number of carbonyl (C=O) groups excluding carboxylic acids is 2. The molecule has 2 fully saturated rings. The smallest absolute Gasteiger partial charge is 0.271 e. The van der Waals surface area contributed by atoms with Gasteiger partial charge in [0, 0.05) is 17.3 Å². The predicted octanol–water partition coefficient (Wildman–Crippen LogP) is 2.93. The zero-order valence-electron chi connectivity index (χ0n) is 15.8. The molecule has 1 aromatic carbocycles. The summed E-state index contributed by atoms with van der Waals surface area (Å²) in [7, 11) is 0. The highest BCUT2D eigenvalue weighted by Crippen LogP contribution is 2.48. The summed E-state index contributed by atoms with van der Waals surface area (Å²) in [6.45, 7) is 1.79. The van der Waals surface area contributed by atoms with Gasteiger partial charge >= 0.3 is 0 Å². The van der Waals surface area contributed by atoms with Gasteiger partial charge in [0.25, 0.3) is 11.8 Å². The second kappa shape index (κ2) is 6.96. The van der Waals surface area contributed by atoms with E-state index in [9.17, 15) is 14.0 Å². The van der Waals surface area contributed by atoms with Gasteiger partial charge in [-0.3, -0.25) is 14.6 Å². The van der Waals surface area contributed by atoms with Gasteiger partial charge in [0.1, 0.15) is 11.5 Å². The summed E-state index contributed by atoms with van der Waals surface area (Å²) in [6.07, 6.45) is 7.81. The minimum atomic E-state index is -0.525. The van der Waals surface area contributed by atoms with E-state index in [-0.39, 0.29) is 17.0 Å². The topological polar surface area (TPSA) is 84.0 Å². The van der Waals surface area contributed by atoms with Crippen molar-refractivity contribution in [3.8, 4) is 0 Å².